The lowest BCUT2D eigenvalue weighted by molar-refractivity contribution is 0.278. The van der Waals surface area contributed by atoms with Crippen LogP contribution in [0.5, 0.6) is 0 Å². The third kappa shape index (κ3) is 3.75. The molecule has 2 fully saturated rings. The van der Waals surface area contributed by atoms with E-state index in [-0.39, 0.29) is 0 Å². The Morgan fingerprint density at radius 2 is 2.10 bits per heavy atom. The van der Waals surface area contributed by atoms with Gasteiger partial charge in [0.05, 0.1) is 0 Å². The minimum Gasteiger partial charge on any atom is -0.314 e. The van der Waals surface area contributed by atoms with Gasteiger partial charge in [-0.05, 0) is 80.2 Å². The molecule has 4 unspecified atom stereocenters. The molecule has 0 spiro atoms. The fraction of sp³-hybridized carbons (Fsp3) is 0.667. The molecule has 0 amide bonds. The molecular formula is C18H25Cl2N. The summed E-state index contributed by atoms with van der Waals surface area (Å²) in [6.07, 6.45) is 8.16. The summed E-state index contributed by atoms with van der Waals surface area (Å²) in [5, 5.41) is 5.29. The molecule has 0 radical (unpaired) electrons. The molecule has 2 aliphatic rings. The molecule has 0 aromatic heterocycles. The highest BCUT2D eigenvalue weighted by Gasteiger charge is 2.40. The Labute approximate surface area is 138 Å². The van der Waals surface area contributed by atoms with Gasteiger partial charge in [0, 0.05) is 16.1 Å². The lowest BCUT2D eigenvalue weighted by Gasteiger charge is -2.27. The van der Waals surface area contributed by atoms with E-state index >= 15 is 0 Å². The molecular weight excluding hydrogens is 301 g/mol. The largest absolute Gasteiger partial charge is 0.314 e. The molecule has 0 heterocycles. The van der Waals surface area contributed by atoms with Gasteiger partial charge >= 0.3 is 0 Å². The standard InChI is InChI=1S/C18H25Cl2N/c1-2-21-17(10-14-8-12-3-4-13(14)7-12)11-15-9-16(19)5-6-18(15)20/h5-6,9,12-14,17,21H,2-4,7-8,10-11H2,1H3. The number of rotatable bonds is 6. The third-order valence-corrected chi connectivity index (χ3v) is 6.04. The zero-order chi connectivity index (χ0) is 14.8. The van der Waals surface area contributed by atoms with Crippen LogP contribution in [-0.2, 0) is 6.42 Å². The summed E-state index contributed by atoms with van der Waals surface area (Å²) in [7, 11) is 0. The predicted octanol–water partition coefficient (Wildman–Crippen LogP) is 5.34. The van der Waals surface area contributed by atoms with E-state index in [0.717, 1.165) is 40.8 Å². The monoisotopic (exact) mass is 325 g/mol. The van der Waals surface area contributed by atoms with Crippen molar-refractivity contribution in [2.75, 3.05) is 6.54 Å². The van der Waals surface area contributed by atoms with Crippen LogP contribution in [0, 0.1) is 17.8 Å². The number of likely N-dealkylation sites (N-methyl/N-ethyl adjacent to an activating group) is 1. The molecule has 2 aliphatic carbocycles. The summed E-state index contributed by atoms with van der Waals surface area (Å²) in [4.78, 5) is 0. The first-order chi connectivity index (χ1) is 10.2. The highest BCUT2D eigenvalue weighted by molar-refractivity contribution is 6.33. The quantitative estimate of drug-likeness (QED) is 0.744. The molecule has 1 N–H and O–H groups in total. The molecule has 1 nitrogen and oxygen atoms in total. The first-order valence-corrected chi connectivity index (χ1v) is 9.08. The average Bonchev–Trinajstić information content (AvgIpc) is 3.05. The van der Waals surface area contributed by atoms with Crippen molar-refractivity contribution in [3.8, 4) is 0 Å². The van der Waals surface area contributed by atoms with Gasteiger partial charge in [0.15, 0.2) is 0 Å². The molecule has 4 atom stereocenters. The van der Waals surface area contributed by atoms with E-state index in [2.05, 4.69) is 12.2 Å². The van der Waals surface area contributed by atoms with Crippen LogP contribution in [0.4, 0.5) is 0 Å². The van der Waals surface area contributed by atoms with Crippen LogP contribution < -0.4 is 5.32 Å². The maximum Gasteiger partial charge on any atom is 0.0439 e. The van der Waals surface area contributed by atoms with Crippen molar-refractivity contribution >= 4 is 23.2 Å². The van der Waals surface area contributed by atoms with E-state index in [9.17, 15) is 0 Å². The van der Waals surface area contributed by atoms with Crippen LogP contribution in [0.1, 0.15) is 44.6 Å². The van der Waals surface area contributed by atoms with Crippen molar-refractivity contribution in [2.24, 2.45) is 17.8 Å². The van der Waals surface area contributed by atoms with E-state index in [1.807, 2.05) is 18.2 Å². The summed E-state index contributed by atoms with van der Waals surface area (Å²) in [6, 6.07) is 6.33. The summed E-state index contributed by atoms with van der Waals surface area (Å²) in [5.74, 6) is 2.94. The molecule has 2 bridgehead atoms. The Kier molecular flexibility index (Phi) is 5.14. The molecule has 21 heavy (non-hydrogen) atoms. The Balaban J connectivity index is 1.65. The molecule has 0 aliphatic heterocycles. The van der Waals surface area contributed by atoms with Crippen LogP contribution in [0.3, 0.4) is 0 Å². The topological polar surface area (TPSA) is 12.0 Å². The van der Waals surface area contributed by atoms with Crippen LogP contribution in [0.15, 0.2) is 18.2 Å². The Bertz CT molecular complexity index is 488. The maximum absolute atomic E-state index is 6.33. The van der Waals surface area contributed by atoms with Gasteiger partial charge in [0.2, 0.25) is 0 Å². The van der Waals surface area contributed by atoms with Crippen molar-refractivity contribution in [3.63, 3.8) is 0 Å². The number of hydrogen-bond donors (Lipinski definition) is 1. The van der Waals surface area contributed by atoms with E-state index in [1.165, 1.54) is 37.7 Å². The second-order valence-corrected chi connectivity index (χ2v) is 7.71. The molecule has 1 aromatic rings. The van der Waals surface area contributed by atoms with Gasteiger partial charge < -0.3 is 5.32 Å². The van der Waals surface area contributed by atoms with Gasteiger partial charge in [-0.15, -0.1) is 0 Å². The fourth-order valence-corrected chi connectivity index (χ4v) is 4.91. The fourth-order valence-electron chi connectivity index (χ4n) is 4.52. The lowest BCUT2D eigenvalue weighted by atomic mass is 9.83. The normalized spacial score (nSPS) is 29.0. The minimum absolute atomic E-state index is 0.523. The van der Waals surface area contributed by atoms with E-state index in [0.29, 0.717) is 6.04 Å². The first kappa shape index (κ1) is 15.6. The van der Waals surface area contributed by atoms with Crippen molar-refractivity contribution in [3.05, 3.63) is 33.8 Å². The van der Waals surface area contributed by atoms with Crippen molar-refractivity contribution in [1.29, 1.82) is 0 Å². The summed E-state index contributed by atoms with van der Waals surface area (Å²) < 4.78 is 0. The number of benzene rings is 1. The highest BCUT2D eigenvalue weighted by atomic mass is 35.5. The predicted molar refractivity (Wildman–Crippen MR) is 91.2 cm³/mol. The third-order valence-electron chi connectivity index (χ3n) is 5.44. The lowest BCUT2D eigenvalue weighted by Crippen LogP contribution is -2.34. The number of halogens is 2. The Morgan fingerprint density at radius 1 is 1.24 bits per heavy atom. The van der Waals surface area contributed by atoms with Crippen LogP contribution in [0.2, 0.25) is 10.0 Å². The van der Waals surface area contributed by atoms with E-state index < -0.39 is 0 Å². The number of fused-ring (bicyclic) bond motifs is 2. The van der Waals surface area contributed by atoms with Gasteiger partial charge in [-0.1, -0.05) is 36.5 Å². The first-order valence-electron chi connectivity index (χ1n) is 8.33. The second kappa shape index (κ2) is 6.89. The summed E-state index contributed by atoms with van der Waals surface area (Å²) >= 11 is 12.5. The van der Waals surface area contributed by atoms with Crippen LogP contribution in [0.25, 0.3) is 0 Å². The van der Waals surface area contributed by atoms with E-state index in [4.69, 9.17) is 23.2 Å². The SMILES string of the molecule is CCNC(Cc1cc(Cl)ccc1Cl)CC1CC2CCC1C2. The maximum atomic E-state index is 6.33. The molecule has 2 saturated carbocycles. The summed E-state index contributed by atoms with van der Waals surface area (Å²) in [5.41, 5.74) is 1.18. The van der Waals surface area contributed by atoms with Gasteiger partial charge in [0.1, 0.15) is 0 Å². The zero-order valence-electron chi connectivity index (χ0n) is 12.7. The second-order valence-electron chi connectivity index (χ2n) is 6.87. The van der Waals surface area contributed by atoms with E-state index in [1.54, 1.807) is 0 Å². The zero-order valence-corrected chi connectivity index (χ0v) is 14.3. The van der Waals surface area contributed by atoms with Crippen LogP contribution >= 0.6 is 23.2 Å². The van der Waals surface area contributed by atoms with Gasteiger partial charge in [-0.25, -0.2) is 0 Å². The Hall–Kier alpha value is -0.240. The minimum atomic E-state index is 0.523. The molecule has 0 saturated heterocycles. The average molecular weight is 326 g/mol. The molecule has 116 valence electrons. The van der Waals surface area contributed by atoms with Crippen LogP contribution in [-0.4, -0.2) is 12.6 Å². The molecule has 3 rings (SSSR count). The number of nitrogens with one attached hydrogen (secondary N) is 1. The highest BCUT2D eigenvalue weighted by Crippen LogP contribution is 2.50. The summed E-state index contributed by atoms with van der Waals surface area (Å²) in [6.45, 7) is 3.21. The van der Waals surface area contributed by atoms with Crippen molar-refractivity contribution in [1.82, 2.24) is 5.32 Å². The van der Waals surface area contributed by atoms with Crippen molar-refractivity contribution < 1.29 is 0 Å². The molecule has 1 aromatic carbocycles. The van der Waals surface area contributed by atoms with Gasteiger partial charge in [-0.3, -0.25) is 0 Å². The van der Waals surface area contributed by atoms with Gasteiger partial charge in [-0.2, -0.15) is 0 Å². The molecule has 3 heteroatoms. The van der Waals surface area contributed by atoms with Gasteiger partial charge in [0.25, 0.3) is 0 Å². The number of hydrogen-bond acceptors (Lipinski definition) is 1. The Morgan fingerprint density at radius 3 is 2.76 bits per heavy atom. The smallest absolute Gasteiger partial charge is 0.0439 e. The van der Waals surface area contributed by atoms with Crippen molar-refractivity contribution in [2.45, 2.75) is 51.5 Å².